The molecule has 1 aromatic rings. The molecule has 25 heavy (non-hydrogen) atoms. The van der Waals surface area contributed by atoms with Gasteiger partial charge in [0, 0.05) is 25.7 Å². The predicted molar refractivity (Wildman–Crippen MR) is 94.0 cm³/mol. The summed E-state index contributed by atoms with van der Waals surface area (Å²) in [7, 11) is 0. The van der Waals surface area contributed by atoms with Gasteiger partial charge in [0.2, 0.25) is 0 Å². The molecular weight excluding hydrogens is 322 g/mol. The summed E-state index contributed by atoms with van der Waals surface area (Å²) < 4.78 is 15.7. The monoisotopic (exact) mass is 347 g/mol. The molecule has 136 valence electrons. The summed E-state index contributed by atoms with van der Waals surface area (Å²) in [5, 5.41) is 2.89. The number of carbonyl (C=O) groups excluding carboxylic acids is 2. The molecule has 1 aliphatic heterocycles. The van der Waals surface area contributed by atoms with Gasteiger partial charge in [-0.1, -0.05) is 26.2 Å². The Balaban J connectivity index is 1.87. The first-order valence-corrected chi connectivity index (χ1v) is 8.57. The molecule has 0 aromatic heterocycles. The van der Waals surface area contributed by atoms with E-state index < -0.39 is 17.7 Å². The largest absolute Gasteiger partial charge is 0.494 e. The number of unbranched alkanes of at least 4 members (excludes halogenated alkanes) is 3. The topological polar surface area (TPSA) is 73.9 Å². The number of ether oxygens (including phenoxy) is 3. The number of nitrogens with one attached hydrogen (secondary N) is 1. The van der Waals surface area contributed by atoms with Crippen LogP contribution in [0.4, 0.5) is 5.69 Å². The molecule has 0 aliphatic carbocycles. The third-order valence-electron chi connectivity index (χ3n) is 3.62. The number of hydrogen-bond donors (Lipinski definition) is 1. The zero-order chi connectivity index (χ0) is 18.3. The van der Waals surface area contributed by atoms with Gasteiger partial charge in [0.25, 0.3) is 5.79 Å². The van der Waals surface area contributed by atoms with Crippen LogP contribution in [0, 0.1) is 0 Å². The van der Waals surface area contributed by atoms with Crippen LogP contribution in [-0.2, 0) is 19.1 Å². The number of anilines is 1. The Kier molecular flexibility index (Phi) is 6.44. The maximum Gasteiger partial charge on any atom is 0.350 e. The van der Waals surface area contributed by atoms with Crippen molar-refractivity contribution in [2.45, 2.75) is 52.2 Å². The van der Waals surface area contributed by atoms with Gasteiger partial charge in [0.15, 0.2) is 5.57 Å². The summed E-state index contributed by atoms with van der Waals surface area (Å²) in [5.41, 5.74) is 0.548. The fourth-order valence-electron chi connectivity index (χ4n) is 2.30. The molecule has 6 nitrogen and oxygen atoms in total. The predicted octanol–water partition coefficient (Wildman–Crippen LogP) is 3.78. The molecule has 6 heteroatoms. The SMILES string of the molecule is CCCCCCOc1ccc(NC=C2C(=O)OC(C)(C)OC2=O)cc1. The van der Waals surface area contributed by atoms with Gasteiger partial charge in [0.1, 0.15) is 5.75 Å². The average molecular weight is 347 g/mol. The van der Waals surface area contributed by atoms with Crippen LogP contribution >= 0.6 is 0 Å². The number of cyclic esters (lactones) is 2. The third-order valence-corrected chi connectivity index (χ3v) is 3.62. The Morgan fingerprint density at radius 3 is 2.28 bits per heavy atom. The van der Waals surface area contributed by atoms with Crippen molar-refractivity contribution in [1.29, 1.82) is 0 Å². The summed E-state index contributed by atoms with van der Waals surface area (Å²) in [6.07, 6.45) is 5.94. The number of benzene rings is 1. The zero-order valence-corrected chi connectivity index (χ0v) is 15.0. The molecular formula is C19H25NO5. The van der Waals surface area contributed by atoms with E-state index in [1.54, 1.807) is 0 Å². The van der Waals surface area contributed by atoms with Crippen LogP contribution in [0.2, 0.25) is 0 Å². The lowest BCUT2D eigenvalue weighted by Gasteiger charge is -2.29. The van der Waals surface area contributed by atoms with Crippen molar-refractivity contribution < 1.29 is 23.8 Å². The van der Waals surface area contributed by atoms with Crippen LogP contribution in [0.3, 0.4) is 0 Å². The van der Waals surface area contributed by atoms with Crippen molar-refractivity contribution in [3.8, 4) is 5.75 Å². The summed E-state index contributed by atoms with van der Waals surface area (Å²) in [5.74, 6) is -1.86. The quantitative estimate of drug-likeness (QED) is 0.334. The normalized spacial score (nSPS) is 16.0. The van der Waals surface area contributed by atoms with Gasteiger partial charge >= 0.3 is 11.9 Å². The Bertz CT molecular complexity index is 612. The highest BCUT2D eigenvalue weighted by Crippen LogP contribution is 2.23. The minimum Gasteiger partial charge on any atom is -0.494 e. The number of esters is 2. The molecule has 0 atom stereocenters. The van der Waals surface area contributed by atoms with Crippen molar-refractivity contribution in [2.75, 3.05) is 11.9 Å². The van der Waals surface area contributed by atoms with E-state index >= 15 is 0 Å². The van der Waals surface area contributed by atoms with Crippen LogP contribution in [0.25, 0.3) is 0 Å². The maximum atomic E-state index is 11.8. The van der Waals surface area contributed by atoms with E-state index in [1.807, 2.05) is 24.3 Å². The highest BCUT2D eigenvalue weighted by Gasteiger charge is 2.38. The fraction of sp³-hybridized carbons (Fsp3) is 0.474. The van der Waals surface area contributed by atoms with Crippen molar-refractivity contribution in [3.05, 3.63) is 36.0 Å². The zero-order valence-electron chi connectivity index (χ0n) is 15.0. The lowest BCUT2D eigenvalue weighted by molar-refractivity contribution is -0.222. The highest BCUT2D eigenvalue weighted by atomic mass is 16.7. The fourth-order valence-corrected chi connectivity index (χ4v) is 2.30. The van der Waals surface area contributed by atoms with E-state index in [4.69, 9.17) is 14.2 Å². The molecule has 1 heterocycles. The van der Waals surface area contributed by atoms with Crippen LogP contribution in [0.15, 0.2) is 36.0 Å². The lowest BCUT2D eigenvalue weighted by Crippen LogP contribution is -2.42. The molecule has 0 amide bonds. The van der Waals surface area contributed by atoms with Crippen molar-refractivity contribution in [3.63, 3.8) is 0 Å². The van der Waals surface area contributed by atoms with E-state index in [9.17, 15) is 9.59 Å². The van der Waals surface area contributed by atoms with E-state index in [2.05, 4.69) is 12.2 Å². The first kappa shape index (κ1) is 18.8. The molecule has 0 saturated carbocycles. The van der Waals surface area contributed by atoms with Crippen molar-refractivity contribution in [2.24, 2.45) is 0 Å². The minimum absolute atomic E-state index is 0.171. The Morgan fingerprint density at radius 1 is 1.04 bits per heavy atom. The van der Waals surface area contributed by atoms with Crippen molar-refractivity contribution in [1.82, 2.24) is 0 Å². The van der Waals surface area contributed by atoms with Crippen LogP contribution in [0.1, 0.15) is 46.5 Å². The van der Waals surface area contributed by atoms with Gasteiger partial charge in [-0.3, -0.25) is 0 Å². The number of hydrogen-bond acceptors (Lipinski definition) is 6. The molecule has 0 unspecified atom stereocenters. The van der Waals surface area contributed by atoms with E-state index in [1.165, 1.54) is 39.3 Å². The number of rotatable bonds is 8. The molecule has 0 bridgehead atoms. The molecule has 1 aliphatic rings. The van der Waals surface area contributed by atoms with Gasteiger partial charge in [0.05, 0.1) is 6.61 Å². The second-order valence-corrected chi connectivity index (χ2v) is 6.31. The first-order chi connectivity index (χ1) is 11.9. The Hall–Kier alpha value is -2.50. The summed E-state index contributed by atoms with van der Waals surface area (Å²) in [6.45, 7) is 5.89. The average Bonchev–Trinajstić information content (AvgIpc) is 2.54. The summed E-state index contributed by atoms with van der Waals surface area (Å²) in [6, 6.07) is 7.28. The van der Waals surface area contributed by atoms with Crippen molar-refractivity contribution >= 4 is 17.6 Å². The second-order valence-electron chi connectivity index (χ2n) is 6.31. The molecule has 0 spiro atoms. The molecule has 2 rings (SSSR count). The summed E-state index contributed by atoms with van der Waals surface area (Å²) >= 11 is 0. The van der Waals surface area contributed by atoms with Gasteiger partial charge in [-0.15, -0.1) is 0 Å². The van der Waals surface area contributed by atoms with Gasteiger partial charge in [-0.05, 0) is 30.7 Å². The van der Waals surface area contributed by atoms with E-state index in [-0.39, 0.29) is 5.57 Å². The van der Waals surface area contributed by atoms with Crippen LogP contribution < -0.4 is 10.1 Å². The van der Waals surface area contributed by atoms with Gasteiger partial charge in [-0.2, -0.15) is 0 Å². The van der Waals surface area contributed by atoms with Crippen LogP contribution in [-0.4, -0.2) is 24.3 Å². The Labute approximate surface area is 148 Å². The molecule has 0 radical (unpaired) electrons. The smallest absolute Gasteiger partial charge is 0.350 e. The van der Waals surface area contributed by atoms with Crippen LogP contribution in [0.5, 0.6) is 5.75 Å². The van der Waals surface area contributed by atoms with Gasteiger partial charge < -0.3 is 19.5 Å². The molecule has 1 fully saturated rings. The minimum atomic E-state index is -1.23. The van der Waals surface area contributed by atoms with E-state index in [0.717, 1.165) is 17.9 Å². The lowest BCUT2D eigenvalue weighted by atomic mass is 10.2. The number of carbonyl (C=O) groups is 2. The Morgan fingerprint density at radius 2 is 1.68 bits per heavy atom. The summed E-state index contributed by atoms with van der Waals surface area (Å²) in [4.78, 5) is 23.7. The standard InChI is InChI=1S/C19H25NO5/c1-4-5-6-7-12-23-15-10-8-14(9-11-15)20-13-16-17(21)24-19(2,3)25-18(16)22/h8-11,13,20H,4-7,12H2,1-3H3. The maximum absolute atomic E-state index is 11.8. The highest BCUT2D eigenvalue weighted by molar-refractivity contribution is 6.15. The van der Waals surface area contributed by atoms with E-state index in [0.29, 0.717) is 6.61 Å². The third kappa shape index (κ3) is 5.81. The molecule has 1 saturated heterocycles. The van der Waals surface area contributed by atoms with Gasteiger partial charge in [-0.25, -0.2) is 9.59 Å². The molecule has 1 N–H and O–H groups in total. The molecule has 1 aromatic carbocycles. The first-order valence-electron chi connectivity index (χ1n) is 8.57. The second kappa shape index (κ2) is 8.55.